The topological polar surface area (TPSA) is 73.4 Å². The Labute approximate surface area is 100 Å². The molecule has 1 atom stereocenters. The van der Waals surface area contributed by atoms with Crippen LogP contribution >= 0.6 is 0 Å². The lowest BCUT2D eigenvalue weighted by Crippen LogP contribution is -2.29. The monoisotopic (exact) mass is 238 g/mol. The summed E-state index contributed by atoms with van der Waals surface area (Å²) in [6.07, 6.45) is 1.63. The quantitative estimate of drug-likeness (QED) is 0.753. The van der Waals surface area contributed by atoms with Crippen LogP contribution < -0.4 is 0 Å². The zero-order valence-corrected chi connectivity index (χ0v) is 10.4. The van der Waals surface area contributed by atoms with Crippen molar-refractivity contribution in [3.8, 4) is 0 Å². The standard InChI is InChI=1S/C12H18N2O3/c1-8(15)4-5-14(3)12(17)11-6-10(7-13-11)9(2)16/h6-8,13,15H,4-5H2,1-3H3. The van der Waals surface area contributed by atoms with Gasteiger partial charge >= 0.3 is 0 Å². The molecular weight excluding hydrogens is 220 g/mol. The number of amides is 1. The van der Waals surface area contributed by atoms with E-state index in [9.17, 15) is 9.59 Å². The number of nitrogens with one attached hydrogen (secondary N) is 1. The molecule has 1 unspecified atom stereocenters. The first-order valence-corrected chi connectivity index (χ1v) is 5.54. The summed E-state index contributed by atoms with van der Waals surface area (Å²) in [5, 5.41) is 9.14. The minimum atomic E-state index is -0.429. The van der Waals surface area contributed by atoms with Gasteiger partial charge in [0, 0.05) is 25.4 Å². The van der Waals surface area contributed by atoms with Crippen LogP contribution in [0.4, 0.5) is 0 Å². The number of aromatic amines is 1. The fourth-order valence-corrected chi connectivity index (χ4v) is 1.41. The Hall–Kier alpha value is -1.62. The molecule has 0 aliphatic heterocycles. The molecule has 0 aliphatic carbocycles. The van der Waals surface area contributed by atoms with E-state index in [2.05, 4.69) is 4.98 Å². The molecule has 1 aromatic rings. The summed E-state index contributed by atoms with van der Waals surface area (Å²) in [5.41, 5.74) is 0.889. The zero-order chi connectivity index (χ0) is 13.0. The van der Waals surface area contributed by atoms with Crippen LogP contribution in [0.25, 0.3) is 0 Å². The van der Waals surface area contributed by atoms with Gasteiger partial charge in [-0.3, -0.25) is 9.59 Å². The number of rotatable bonds is 5. The molecule has 1 aromatic heterocycles. The van der Waals surface area contributed by atoms with Gasteiger partial charge in [0.15, 0.2) is 5.78 Å². The molecule has 0 spiro atoms. The van der Waals surface area contributed by atoms with Crippen molar-refractivity contribution in [2.24, 2.45) is 0 Å². The Morgan fingerprint density at radius 3 is 2.65 bits per heavy atom. The lowest BCUT2D eigenvalue weighted by Gasteiger charge is -2.16. The van der Waals surface area contributed by atoms with Crippen LogP contribution in [0, 0.1) is 0 Å². The van der Waals surface area contributed by atoms with E-state index in [0.29, 0.717) is 24.2 Å². The van der Waals surface area contributed by atoms with Crippen molar-refractivity contribution in [1.82, 2.24) is 9.88 Å². The van der Waals surface area contributed by atoms with Crippen molar-refractivity contribution in [3.63, 3.8) is 0 Å². The maximum atomic E-state index is 11.9. The fraction of sp³-hybridized carbons (Fsp3) is 0.500. The van der Waals surface area contributed by atoms with E-state index in [0.717, 1.165) is 0 Å². The van der Waals surface area contributed by atoms with Gasteiger partial charge in [-0.15, -0.1) is 0 Å². The number of nitrogens with zero attached hydrogens (tertiary/aromatic N) is 1. The average Bonchev–Trinajstić information content (AvgIpc) is 2.73. The SMILES string of the molecule is CC(=O)c1c[nH]c(C(=O)N(C)CCC(C)O)c1. The molecule has 5 heteroatoms. The van der Waals surface area contributed by atoms with Crippen LogP contribution in [0.2, 0.25) is 0 Å². The summed E-state index contributed by atoms with van der Waals surface area (Å²) in [6, 6.07) is 1.55. The van der Waals surface area contributed by atoms with Gasteiger partial charge in [0.05, 0.1) is 6.10 Å². The van der Waals surface area contributed by atoms with Crippen molar-refractivity contribution >= 4 is 11.7 Å². The van der Waals surface area contributed by atoms with Crippen molar-refractivity contribution in [1.29, 1.82) is 0 Å². The Morgan fingerprint density at radius 1 is 1.53 bits per heavy atom. The van der Waals surface area contributed by atoms with E-state index >= 15 is 0 Å². The highest BCUT2D eigenvalue weighted by atomic mass is 16.3. The predicted octanol–water partition coefficient (Wildman–Crippen LogP) is 1.06. The molecule has 0 radical (unpaired) electrons. The largest absolute Gasteiger partial charge is 0.393 e. The number of ketones is 1. The Balaban J connectivity index is 2.65. The lowest BCUT2D eigenvalue weighted by atomic mass is 10.2. The summed E-state index contributed by atoms with van der Waals surface area (Å²) in [6.45, 7) is 3.61. The minimum absolute atomic E-state index is 0.0769. The molecule has 0 bridgehead atoms. The van der Waals surface area contributed by atoms with Crippen LogP contribution in [0.3, 0.4) is 0 Å². The number of carbonyl (C=O) groups is 2. The molecule has 0 aliphatic rings. The van der Waals surface area contributed by atoms with E-state index in [1.165, 1.54) is 18.0 Å². The first kappa shape index (κ1) is 13.4. The molecule has 5 nitrogen and oxygen atoms in total. The summed E-state index contributed by atoms with van der Waals surface area (Å²) >= 11 is 0. The minimum Gasteiger partial charge on any atom is -0.393 e. The van der Waals surface area contributed by atoms with Gasteiger partial charge in [-0.1, -0.05) is 0 Å². The molecule has 1 heterocycles. The summed E-state index contributed by atoms with van der Waals surface area (Å²) in [7, 11) is 1.67. The van der Waals surface area contributed by atoms with Crippen molar-refractivity contribution < 1.29 is 14.7 Å². The van der Waals surface area contributed by atoms with Crippen molar-refractivity contribution in [2.45, 2.75) is 26.4 Å². The van der Waals surface area contributed by atoms with Crippen LogP contribution in [-0.4, -0.2) is 46.4 Å². The molecule has 0 aromatic carbocycles. The van der Waals surface area contributed by atoms with Crippen LogP contribution in [0.15, 0.2) is 12.3 Å². The second-order valence-corrected chi connectivity index (χ2v) is 4.22. The lowest BCUT2D eigenvalue weighted by molar-refractivity contribution is 0.0764. The van der Waals surface area contributed by atoms with E-state index < -0.39 is 6.10 Å². The van der Waals surface area contributed by atoms with Gasteiger partial charge in [0.25, 0.3) is 5.91 Å². The number of hydrogen-bond acceptors (Lipinski definition) is 3. The number of H-pyrrole nitrogens is 1. The van der Waals surface area contributed by atoms with Crippen molar-refractivity contribution in [2.75, 3.05) is 13.6 Å². The molecular formula is C12H18N2O3. The molecule has 0 saturated carbocycles. The predicted molar refractivity (Wildman–Crippen MR) is 64.1 cm³/mol. The molecule has 94 valence electrons. The molecule has 2 N–H and O–H groups in total. The van der Waals surface area contributed by atoms with Crippen LogP contribution in [-0.2, 0) is 0 Å². The third-order valence-corrected chi connectivity index (χ3v) is 2.55. The van der Waals surface area contributed by atoms with Gasteiger partial charge < -0.3 is 15.0 Å². The Morgan fingerprint density at radius 2 is 2.18 bits per heavy atom. The fourth-order valence-electron chi connectivity index (χ4n) is 1.41. The summed E-state index contributed by atoms with van der Waals surface area (Å²) < 4.78 is 0. The van der Waals surface area contributed by atoms with Gasteiger partial charge in [-0.25, -0.2) is 0 Å². The zero-order valence-electron chi connectivity index (χ0n) is 10.4. The molecule has 0 fully saturated rings. The molecule has 1 amide bonds. The second-order valence-electron chi connectivity index (χ2n) is 4.22. The Bertz CT molecular complexity index is 410. The number of Topliss-reactive ketones (excluding diaryl/α,β-unsaturated/α-hetero) is 1. The Kier molecular flexibility index (Phi) is 4.45. The number of carbonyl (C=O) groups excluding carboxylic acids is 2. The van der Waals surface area contributed by atoms with Gasteiger partial charge in [-0.2, -0.15) is 0 Å². The highest BCUT2D eigenvalue weighted by Gasteiger charge is 2.15. The summed E-state index contributed by atoms with van der Waals surface area (Å²) in [5.74, 6) is -0.259. The molecule has 0 saturated heterocycles. The van der Waals surface area contributed by atoms with E-state index in [1.807, 2.05) is 0 Å². The first-order valence-electron chi connectivity index (χ1n) is 5.54. The van der Waals surface area contributed by atoms with Crippen LogP contribution in [0.5, 0.6) is 0 Å². The van der Waals surface area contributed by atoms with Crippen molar-refractivity contribution in [3.05, 3.63) is 23.5 Å². The average molecular weight is 238 g/mol. The second kappa shape index (κ2) is 5.63. The molecule has 17 heavy (non-hydrogen) atoms. The van der Waals surface area contributed by atoms with Gasteiger partial charge in [0.1, 0.15) is 5.69 Å². The highest BCUT2D eigenvalue weighted by molar-refractivity contribution is 5.98. The number of aliphatic hydroxyl groups excluding tert-OH is 1. The molecule has 1 rings (SSSR count). The number of aliphatic hydroxyl groups is 1. The van der Waals surface area contributed by atoms with E-state index in [-0.39, 0.29) is 11.7 Å². The maximum absolute atomic E-state index is 11.9. The highest BCUT2D eigenvalue weighted by Crippen LogP contribution is 2.07. The number of hydrogen-bond donors (Lipinski definition) is 2. The van der Waals surface area contributed by atoms with Crippen LogP contribution in [0.1, 0.15) is 41.1 Å². The smallest absolute Gasteiger partial charge is 0.270 e. The van der Waals surface area contributed by atoms with Gasteiger partial charge in [-0.05, 0) is 26.3 Å². The summed E-state index contributed by atoms with van der Waals surface area (Å²) in [4.78, 5) is 27.3. The third-order valence-electron chi connectivity index (χ3n) is 2.55. The first-order chi connectivity index (χ1) is 7.91. The van der Waals surface area contributed by atoms with E-state index in [1.54, 1.807) is 20.0 Å². The van der Waals surface area contributed by atoms with E-state index in [4.69, 9.17) is 5.11 Å². The van der Waals surface area contributed by atoms with Gasteiger partial charge in [0.2, 0.25) is 0 Å². The normalized spacial score (nSPS) is 12.2. The number of aromatic nitrogens is 1. The maximum Gasteiger partial charge on any atom is 0.270 e. The third kappa shape index (κ3) is 3.71.